The van der Waals surface area contributed by atoms with E-state index < -0.39 is 17.6 Å². The van der Waals surface area contributed by atoms with Crippen molar-refractivity contribution < 1.29 is 23.1 Å². The summed E-state index contributed by atoms with van der Waals surface area (Å²) in [5, 5.41) is 11.6. The van der Waals surface area contributed by atoms with Crippen LogP contribution in [-0.2, 0) is 6.18 Å². The first kappa shape index (κ1) is 13.9. The average molecular weight is 281 g/mol. The Morgan fingerprint density at radius 1 is 0.950 bits per heavy atom. The van der Waals surface area contributed by atoms with Crippen LogP contribution in [0.3, 0.4) is 0 Å². The number of hydrogen-bond donors (Lipinski definition) is 2. The molecule has 0 atom stereocenters. The van der Waals surface area contributed by atoms with E-state index in [2.05, 4.69) is 5.32 Å². The zero-order chi connectivity index (χ0) is 14.8. The number of benzene rings is 2. The van der Waals surface area contributed by atoms with Crippen LogP contribution in [-0.4, -0.2) is 11.0 Å². The molecule has 0 bridgehead atoms. The van der Waals surface area contributed by atoms with Crippen LogP contribution in [0.5, 0.6) is 5.75 Å². The number of phenolic OH excluding ortho intramolecular Hbond substituents is 1. The highest BCUT2D eigenvalue weighted by atomic mass is 19.4. The van der Waals surface area contributed by atoms with Gasteiger partial charge in [-0.2, -0.15) is 13.2 Å². The lowest BCUT2D eigenvalue weighted by Crippen LogP contribution is -2.12. The zero-order valence-corrected chi connectivity index (χ0v) is 10.1. The Labute approximate surface area is 112 Å². The Balaban J connectivity index is 2.10. The Bertz CT molecular complexity index is 604. The van der Waals surface area contributed by atoms with E-state index in [0.717, 1.165) is 12.1 Å². The van der Waals surface area contributed by atoms with Crippen molar-refractivity contribution >= 4 is 11.6 Å². The molecule has 0 radical (unpaired) electrons. The van der Waals surface area contributed by atoms with E-state index in [1.54, 1.807) is 0 Å². The highest BCUT2D eigenvalue weighted by Crippen LogP contribution is 2.29. The Kier molecular flexibility index (Phi) is 3.65. The summed E-state index contributed by atoms with van der Waals surface area (Å²) in [6.07, 6.45) is -4.40. The van der Waals surface area contributed by atoms with Gasteiger partial charge in [-0.05, 0) is 48.5 Å². The van der Waals surface area contributed by atoms with Gasteiger partial charge in [0.05, 0.1) is 5.56 Å². The van der Waals surface area contributed by atoms with Gasteiger partial charge in [0.15, 0.2) is 0 Å². The summed E-state index contributed by atoms with van der Waals surface area (Å²) in [5.74, 6) is -0.444. The molecule has 2 aromatic rings. The van der Waals surface area contributed by atoms with E-state index in [1.807, 2.05) is 0 Å². The molecule has 6 heteroatoms. The van der Waals surface area contributed by atoms with E-state index >= 15 is 0 Å². The number of alkyl halides is 3. The van der Waals surface area contributed by atoms with Crippen molar-refractivity contribution in [2.75, 3.05) is 5.32 Å². The molecule has 20 heavy (non-hydrogen) atoms. The molecule has 0 unspecified atom stereocenters. The van der Waals surface area contributed by atoms with Crippen molar-refractivity contribution in [3.63, 3.8) is 0 Å². The van der Waals surface area contributed by atoms with Crippen molar-refractivity contribution in [3.05, 3.63) is 59.7 Å². The summed E-state index contributed by atoms with van der Waals surface area (Å²) in [5.41, 5.74) is -0.223. The second kappa shape index (κ2) is 5.24. The molecule has 0 aliphatic rings. The number of phenols is 1. The van der Waals surface area contributed by atoms with Crippen molar-refractivity contribution in [2.45, 2.75) is 6.18 Å². The van der Waals surface area contributed by atoms with Gasteiger partial charge in [0.1, 0.15) is 5.75 Å². The minimum Gasteiger partial charge on any atom is -0.508 e. The second-order valence-corrected chi connectivity index (χ2v) is 4.08. The third-order valence-electron chi connectivity index (χ3n) is 2.60. The summed E-state index contributed by atoms with van der Waals surface area (Å²) in [4.78, 5) is 11.8. The van der Waals surface area contributed by atoms with E-state index in [-0.39, 0.29) is 11.4 Å². The molecule has 0 fully saturated rings. The van der Waals surface area contributed by atoms with E-state index in [4.69, 9.17) is 5.11 Å². The van der Waals surface area contributed by atoms with Gasteiger partial charge < -0.3 is 10.4 Å². The molecule has 3 nitrogen and oxygen atoms in total. The number of aromatic hydroxyl groups is 1. The predicted octanol–water partition coefficient (Wildman–Crippen LogP) is 3.66. The lowest BCUT2D eigenvalue weighted by Gasteiger charge is -2.08. The summed E-state index contributed by atoms with van der Waals surface area (Å²) >= 11 is 0. The summed E-state index contributed by atoms with van der Waals surface area (Å²) in [7, 11) is 0. The summed E-state index contributed by atoms with van der Waals surface area (Å²) in [6.45, 7) is 0. The molecule has 104 valence electrons. The first-order valence-electron chi connectivity index (χ1n) is 5.64. The van der Waals surface area contributed by atoms with Gasteiger partial charge in [0.2, 0.25) is 0 Å². The van der Waals surface area contributed by atoms with Gasteiger partial charge in [-0.1, -0.05) is 0 Å². The van der Waals surface area contributed by atoms with E-state index in [1.165, 1.54) is 36.4 Å². The topological polar surface area (TPSA) is 49.3 Å². The third kappa shape index (κ3) is 3.28. The standard InChI is InChI=1S/C14H10F3NO2/c15-14(16,17)10-3-5-11(6-4-10)18-13(20)9-1-7-12(19)8-2-9/h1-8,19H,(H,18,20). The quantitative estimate of drug-likeness (QED) is 0.882. The maximum atomic E-state index is 12.4. The molecule has 2 rings (SSSR count). The molecule has 2 N–H and O–H groups in total. The Morgan fingerprint density at radius 3 is 2.00 bits per heavy atom. The summed E-state index contributed by atoms with van der Waals surface area (Å²) < 4.78 is 37.1. The van der Waals surface area contributed by atoms with Crippen LogP contribution in [0, 0.1) is 0 Å². The molecule has 0 aliphatic carbocycles. The fraction of sp³-hybridized carbons (Fsp3) is 0.0714. The van der Waals surface area contributed by atoms with Crippen molar-refractivity contribution in [1.29, 1.82) is 0 Å². The number of halogens is 3. The van der Waals surface area contributed by atoms with Crippen LogP contribution >= 0.6 is 0 Å². The molecule has 0 aliphatic heterocycles. The van der Waals surface area contributed by atoms with Crippen molar-refractivity contribution in [1.82, 2.24) is 0 Å². The maximum Gasteiger partial charge on any atom is 0.416 e. The number of rotatable bonds is 2. The third-order valence-corrected chi connectivity index (χ3v) is 2.60. The van der Waals surface area contributed by atoms with Crippen molar-refractivity contribution in [3.8, 4) is 5.75 Å². The fourth-order valence-electron chi connectivity index (χ4n) is 1.56. The molecule has 0 spiro atoms. The molecule has 0 saturated carbocycles. The summed E-state index contributed by atoms with van der Waals surface area (Å²) in [6, 6.07) is 9.67. The smallest absolute Gasteiger partial charge is 0.416 e. The van der Waals surface area contributed by atoms with Crippen LogP contribution in [0.2, 0.25) is 0 Å². The molecule has 0 heterocycles. The van der Waals surface area contributed by atoms with Crippen LogP contribution in [0.4, 0.5) is 18.9 Å². The lowest BCUT2D eigenvalue weighted by molar-refractivity contribution is -0.137. The number of carbonyl (C=O) groups is 1. The van der Waals surface area contributed by atoms with Crippen LogP contribution in [0.1, 0.15) is 15.9 Å². The zero-order valence-electron chi connectivity index (χ0n) is 10.1. The molecule has 0 saturated heterocycles. The maximum absolute atomic E-state index is 12.4. The average Bonchev–Trinajstić information content (AvgIpc) is 2.39. The highest BCUT2D eigenvalue weighted by molar-refractivity contribution is 6.04. The fourth-order valence-corrected chi connectivity index (χ4v) is 1.56. The first-order chi connectivity index (χ1) is 9.36. The van der Waals surface area contributed by atoms with Gasteiger partial charge in [0.25, 0.3) is 5.91 Å². The second-order valence-electron chi connectivity index (χ2n) is 4.08. The Hall–Kier alpha value is -2.50. The van der Waals surface area contributed by atoms with E-state index in [9.17, 15) is 18.0 Å². The lowest BCUT2D eigenvalue weighted by atomic mass is 10.1. The largest absolute Gasteiger partial charge is 0.508 e. The first-order valence-corrected chi connectivity index (χ1v) is 5.64. The normalized spacial score (nSPS) is 11.2. The van der Waals surface area contributed by atoms with Crippen LogP contribution in [0.15, 0.2) is 48.5 Å². The molecular weight excluding hydrogens is 271 g/mol. The van der Waals surface area contributed by atoms with Crippen LogP contribution < -0.4 is 5.32 Å². The number of anilines is 1. The monoisotopic (exact) mass is 281 g/mol. The van der Waals surface area contributed by atoms with E-state index in [0.29, 0.717) is 5.56 Å². The van der Waals surface area contributed by atoms with Crippen LogP contribution in [0.25, 0.3) is 0 Å². The number of amides is 1. The number of hydrogen-bond acceptors (Lipinski definition) is 2. The highest BCUT2D eigenvalue weighted by Gasteiger charge is 2.29. The van der Waals surface area contributed by atoms with Gasteiger partial charge in [0, 0.05) is 11.3 Å². The number of nitrogens with one attached hydrogen (secondary N) is 1. The van der Waals surface area contributed by atoms with Gasteiger partial charge >= 0.3 is 6.18 Å². The molecule has 0 aromatic heterocycles. The molecule has 2 aromatic carbocycles. The molecule has 1 amide bonds. The minimum absolute atomic E-state index is 0.0241. The van der Waals surface area contributed by atoms with Gasteiger partial charge in [-0.25, -0.2) is 0 Å². The minimum atomic E-state index is -4.40. The molecular formula is C14H10F3NO2. The van der Waals surface area contributed by atoms with Gasteiger partial charge in [-0.15, -0.1) is 0 Å². The number of carbonyl (C=O) groups excluding carboxylic acids is 1. The van der Waals surface area contributed by atoms with Gasteiger partial charge in [-0.3, -0.25) is 4.79 Å². The SMILES string of the molecule is O=C(Nc1ccc(C(F)(F)F)cc1)c1ccc(O)cc1. The van der Waals surface area contributed by atoms with Crippen molar-refractivity contribution in [2.24, 2.45) is 0 Å². The predicted molar refractivity (Wildman–Crippen MR) is 67.5 cm³/mol. The Morgan fingerprint density at radius 2 is 1.50 bits per heavy atom.